The van der Waals surface area contributed by atoms with Gasteiger partial charge in [-0.05, 0) is 56.2 Å². The molecule has 0 fully saturated rings. The molecular weight excluding hydrogens is 371 g/mol. The Balaban J connectivity index is 1.63. The summed E-state index contributed by atoms with van der Waals surface area (Å²) in [4.78, 5) is 20.5. The summed E-state index contributed by atoms with van der Waals surface area (Å²) in [6, 6.07) is 15.5. The third-order valence-corrected chi connectivity index (χ3v) is 4.16. The largest absolute Gasteiger partial charge is 0.462 e. The van der Waals surface area contributed by atoms with Crippen LogP contribution in [0.1, 0.15) is 28.7 Å². The minimum atomic E-state index is -0.349. The van der Waals surface area contributed by atoms with Gasteiger partial charge in [-0.1, -0.05) is 18.2 Å². The molecule has 6 nitrogen and oxygen atoms in total. The van der Waals surface area contributed by atoms with Crippen molar-refractivity contribution in [2.24, 2.45) is 0 Å². The third-order valence-electron chi connectivity index (χ3n) is 4.16. The van der Waals surface area contributed by atoms with Crippen LogP contribution >= 0.6 is 0 Å². The molecule has 3 rings (SSSR count). The number of carbonyl (C=O) groups is 1. The molecule has 0 aliphatic carbocycles. The predicted molar refractivity (Wildman–Crippen MR) is 111 cm³/mol. The van der Waals surface area contributed by atoms with Crippen LogP contribution in [0.25, 0.3) is 0 Å². The molecule has 7 heteroatoms. The number of aromatic nitrogens is 2. The Bertz CT molecular complexity index is 977. The first-order chi connectivity index (χ1) is 14.0. The average Bonchev–Trinajstić information content (AvgIpc) is 2.70. The number of halogens is 1. The first-order valence-electron chi connectivity index (χ1n) is 9.42. The molecule has 0 amide bonds. The highest BCUT2D eigenvalue weighted by molar-refractivity contribution is 5.89. The zero-order chi connectivity index (χ0) is 20.6. The summed E-state index contributed by atoms with van der Waals surface area (Å²) < 4.78 is 18.7. The van der Waals surface area contributed by atoms with Crippen molar-refractivity contribution in [1.82, 2.24) is 9.97 Å². The van der Waals surface area contributed by atoms with E-state index in [-0.39, 0.29) is 11.8 Å². The highest BCUT2D eigenvalue weighted by atomic mass is 19.1. The van der Waals surface area contributed by atoms with E-state index in [4.69, 9.17) is 4.74 Å². The first kappa shape index (κ1) is 20.3. The number of hydrogen-bond donors (Lipinski definition) is 2. The van der Waals surface area contributed by atoms with E-state index in [0.29, 0.717) is 48.2 Å². The number of carbonyl (C=O) groups excluding carboxylic acids is 1. The SMILES string of the molecule is CCOC(=O)c1ccc(Nc2cc(NCCc3ccccc3F)nc(C)n2)cc1. The van der Waals surface area contributed by atoms with Gasteiger partial charge >= 0.3 is 5.97 Å². The van der Waals surface area contributed by atoms with Crippen LogP contribution in [-0.4, -0.2) is 29.1 Å². The van der Waals surface area contributed by atoms with E-state index >= 15 is 0 Å². The monoisotopic (exact) mass is 394 g/mol. The number of nitrogens with one attached hydrogen (secondary N) is 2. The average molecular weight is 394 g/mol. The van der Waals surface area contributed by atoms with E-state index in [1.54, 1.807) is 56.3 Å². The maximum atomic E-state index is 13.7. The fourth-order valence-corrected chi connectivity index (χ4v) is 2.80. The lowest BCUT2D eigenvalue weighted by atomic mass is 10.1. The number of esters is 1. The van der Waals surface area contributed by atoms with Crippen molar-refractivity contribution >= 4 is 23.3 Å². The summed E-state index contributed by atoms with van der Waals surface area (Å²) in [5.41, 5.74) is 1.94. The van der Waals surface area contributed by atoms with Gasteiger partial charge in [0.1, 0.15) is 23.3 Å². The summed E-state index contributed by atoms with van der Waals surface area (Å²) in [5.74, 6) is 1.32. The Labute approximate surface area is 169 Å². The molecule has 29 heavy (non-hydrogen) atoms. The fourth-order valence-electron chi connectivity index (χ4n) is 2.80. The number of hydrogen-bond acceptors (Lipinski definition) is 6. The Morgan fingerprint density at radius 2 is 1.79 bits per heavy atom. The lowest BCUT2D eigenvalue weighted by Gasteiger charge is -2.11. The Morgan fingerprint density at radius 3 is 2.52 bits per heavy atom. The lowest BCUT2D eigenvalue weighted by molar-refractivity contribution is 0.0526. The van der Waals surface area contributed by atoms with Crippen molar-refractivity contribution < 1.29 is 13.9 Å². The molecule has 150 valence electrons. The van der Waals surface area contributed by atoms with Crippen LogP contribution in [0.5, 0.6) is 0 Å². The standard InChI is InChI=1S/C22H23FN4O2/c1-3-29-22(28)17-8-10-18(11-9-17)27-21-14-20(25-15(2)26-21)24-13-12-16-6-4-5-7-19(16)23/h4-11,14H,3,12-13H2,1-2H3,(H2,24,25,26,27). The van der Waals surface area contributed by atoms with E-state index in [9.17, 15) is 9.18 Å². The number of rotatable bonds is 8. The van der Waals surface area contributed by atoms with E-state index in [2.05, 4.69) is 20.6 Å². The number of benzene rings is 2. The van der Waals surface area contributed by atoms with Crippen LogP contribution in [-0.2, 0) is 11.2 Å². The third kappa shape index (κ3) is 5.75. The van der Waals surface area contributed by atoms with Crippen LogP contribution in [0.4, 0.5) is 21.7 Å². The molecule has 0 spiro atoms. The van der Waals surface area contributed by atoms with Crippen LogP contribution in [0.15, 0.2) is 54.6 Å². The van der Waals surface area contributed by atoms with Gasteiger partial charge in [-0.2, -0.15) is 0 Å². The molecule has 1 heterocycles. The van der Waals surface area contributed by atoms with Gasteiger partial charge in [0.15, 0.2) is 0 Å². The van der Waals surface area contributed by atoms with E-state index in [1.807, 2.05) is 6.07 Å². The van der Waals surface area contributed by atoms with Crippen molar-refractivity contribution in [2.45, 2.75) is 20.3 Å². The van der Waals surface area contributed by atoms with Gasteiger partial charge in [-0.15, -0.1) is 0 Å². The van der Waals surface area contributed by atoms with E-state index in [0.717, 1.165) is 5.69 Å². The number of anilines is 3. The summed E-state index contributed by atoms with van der Waals surface area (Å²) in [6.45, 7) is 4.46. The van der Waals surface area contributed by atoms with Gasteiger partial charge in [0.05, 0.1) is 12.2 Å². The molecule has 0 saturated heterocycles. The Kier molecular flexibility index (Phi) is 6.73. The summed E-state index contributed by atoms with van der Waals surface area (Å²) in [5, 5.41) is 6.40. The van der Waals surface area contributed by atoms with Gasteiger partial charge < -0.3 is 15.4 Å². The fraction of sp³-hybridized carbons (Fsp3) is 0.227. The quantitative estimate of drug-likeness (QED) is 0.548. The zero-order valence-corrected chi connectivity index (χ0v) is 16.4. The predicted octanol–water partition coefficient (Wildman–Crippen LogP) is 4.50. The van der Waals surface area contributed by atoms with Gasteiger partial charge in [-0.3, -0.25) is 0 Å². The van der Waals surface area contributed by atoms with Gasteiger partial charge in [0.2, 0.25) is 0 Å². The highest BCUT2D eigenvalue weighted by Gasteiger charge is 2.07. The summed E-state index contributed by atoms with van der Waals surface area (Å²) in [6.07, 6.45) is 0.549. The van der Waals surface area contributed by atoms with Crippen molar-refractivity contribution in [2.75, 3.05) is 23.8 Å². The van der Waals surface area contributed by atoms with Crippen LogP contribution in [0.2, 0.25) is 0 Å². The van der Waals surface area contributed by atoms with Gasteiger partial charge in [0.25, 0.3) is 0 Å². The second-order valence-electron chi connectivity index (χ2n) is 6.38. The topological polar surface area (TPSA) is 76.1 Å². The first-order valence-corrected chi connectivity index (χ1v) is 9.42. The molecule has 0 aliphatic rings. The molecule has 2 N–H and O–H groups in total. The molecule has 0 bridgehead atoms. The van der Waals surface area contributed by atoms with Crippen LogP contribution < -0.4 is 10.6 Å². The van der Waals surface area contributed by atoms with Crippen molar-refractivity contribution in [1.29, 1.82) is 0 Å². The molecule has 3 aromatic rings. The summed E-state index contributed by atoms with van der Waals surface area (Å²) in [7, 11) is 0. The Morgan fingerprint density at radius 1 is 1.07 bits per heavy atom. The lowest BCUT2D eigenvalue weighted by Crippen LogP contribution is -2.09. The number of ether oxygens (including phenoxy) is 1. The molecule has 0 atom stereocenters. The van der Waals surface area contributed by atoms with Crippen LogP contribution in [0, 0.1) is 12.7 Å². The summed E-state index contributed by atoms with van der Waals surface area (Å²) >= 11 is 0. The molecule has 0 radical (unpaired) electrons. The van der Waals surface area contributed by atoms with Crippen LogP contribution in [0.3, 0.4) is 0 Å². The minimum Gasteiger partial charge on any atom is -0.462 e. The molecule has 2 aromatic carbocycles. The second kappa shape index (κ2) is 9.64. The maximum absolute atomic E-state index is 13.7. The van der Waals surface area contributed by atoms with Crippen molar-refractivity contribution in [3.8, 4) is 0 Å². The van der Waals surface area contributed by atoms with Crippen molar-refractivity contribution in [3.05, 3.63) is 77.4 Å². The number of nitrogens with zero attached hydrogens (tertiary/aromatic N) is 2. The molecule has 0 unspecified atom stereocenters. The molecule has 0 saturated carbocycles. The normalized spacial score (nSPS) is 10.4. The minimum absolute atomic E-state index is 0.207. The smallest absolute Gasteiger partial charge is 0.338 e. The maximum Gasteiger partial charge on any atom is 0.338 e. The Hall–Kier alpha value is -3.48. The van der Waals surface area contributed by atoms with Crippen molar-refractivity contribution in [3.63, 3.8) is 0 Å². The number of aryl methyl sites for hydroxylation is 1. The second-order valence-corrected chi connectivity index (χ2v) is 6.38. The van der Waals surface area contributed by atoms with Gasteiger partial charge in [-0.25, -0.2) is 19.2 Å². The molecular formula is C22H23FN4O2. The molecule has 1 aromatic heterocycles. The zero-order valence-electron chi connectivity index (χ0n) is 16.4. The molecule has 0 aliphatic heterocycles. The van der Waals surface area contributed by atoms with Gasteiger partial charge in [0, 0.05) is 18.3 Å². The highest BCUT2D eigenvalue weighted by Crippen LogP contribution is 2.18. The van der Waals surface area contributed by atoms with E-state index in [1.165, 1.54) is 6.07 Å². The van der Waals surface area contributed by atoms with E-state index < -0.39 is 0 Å².